The van der Waals surface area contributed by atoms with E-state index in [0.29, 0.717) is 34.7 Å². The first-order valence-corrected chi connectivity index (χ1v) is 14.7. The Morgan fingerprint density at radius 3 is 2.49 bits per heavy atom. The van der Waals surface area contributed by atoms with Crippen LogP contribution in [0.25, 0.3) is 0 Å². The van der Waals surface area contributed by atoms with Crippen molar-refractivity contribution in [1.29, 1.82) is 0 Å². The average Bonchev–Trinajstić information content (AvgIpc) is 3.25. The van der Waals surface area contributed by atoms with Crippen molar-refractivity contribution in [2.45, 2.75) is 86.2 Å². The van der Waals surface area contributed by atoms with Crippen molar-refractivity contribution in [3.05, 3.63) is 83.0 Å². The van der Waals surface area contributed by atoms with Gasteiger partial charge in [-0.15, -0.1) is 0 Å². The van der Waals surface area contributed by atoms with Crippen LogP contribution in [0.15, 0.2) is 77.4 Å². The topological polar surface area (TPSA) is 26.3 Å². The minimum Gasteiger partial charge on any atom is -0.458 e. The zero-order valence-corrected chi connectivity index (χ0v) is 23.8. The van der Waals surface area contributed by atoms with Gasteiger partial charge in [-0.05, 0) is 90.4 Å². The summed E-state index contributed by atoms with van der Waals surface area (Å²) in [6, 6.07) is 9.39. The highest BCUT2D eigenvalue weighted by atomic mass is 16.5. The SMILES string of the molecule is CC(C)C(C)C=CC(C)C1CCC2C3=CC=C4CC(OC(=O)c5ccccc5)CCC4(C)C3=CCC21C. The van der Waals surface area contributed by atoms with Crippen molar-refractivity contribution >= 4 is 5.97 Å². The van der Waals surface area contributed by atoms with E-state index in [2.05, 4.69) is 71.9 Å². The molecular weight excluding hydrogens is 452 g/mol. The van der Waals surface area contributed by atoms with Gasteiger partial charge in [0.2, 0.25) is 0 Å². The van der Waals surface area contributed by atoms with Crippen molar-refractivity contribution in [2.75, 3.05) is 0 Å². The van der Waals surface area contributed by atoms with Gasteiger partial charge in [0.25, 0.3) is 0 Å². The van der Waals surface area contributed by atoms with Crippen LogP contribution in [0, 0.1) is 40.4 Å². The van der Waals surface area contributed by atoms with Crippen LogP contribution in [0.4, 0.5) is 0 Å². The molecule has 0 heterocycles. The summed E-state index contributed by atoms with van der Waals surface area (Å²) in [6.45, 7) is 14.4. The summed E-state index contributed by atoms with van der Waals surface area (Å²) in [5.41, 5.74) is 5.69. The molecule has 0 saturated heterocycles. The van der Waals surface area contributed by atoms with Crippen LogP contribution < -0.4 is 0 Å². The van der Waals surface area contributed by atoms with Gasteiger partial charge in [-0.25, -0.2) is 4.79 Å². The molecule has 198 valence electrons. The Bertz CT molecular complexity index is 1140. The third-order valence-corrected chi connectivity index (χ3v) is 10.7. The summed E-state index contributed by atoms with van der Waals surface area (Å²) in [5.74, 6) is 3.14. The molecule has 0 spiro atoms. The smallest absolute Gasteiger partial charge is 0.338 e. The van der Waals surface area contributed by atoms with Crippen LogP contribution >= 0.6 is 0 Å². The van der Waals surface area contributed by atoms with E-state index in [1.165, 1.54) is 24.8 Å². The lowest BCUT2D eigenvalue weighted by molar-refractivity contribution is 0.0201. The minimum absolute atomic E-state index is 0.0341. The van der Waals surface area contributed by atoms with Gasteiger partial charge in [0.15, 0.2) is 0 Å². The van der Waals surface area contributed by atoms with Crippen LogP contribution in [0.3, 0.4) is 0 Å². The molecular formula is C35H46O2. The molecule has 0 amide bonds. The van der Waals surface area contributed by atoms with Crippen LogP contribution in [0.2, 0.25) is 0 Å². The highest BCUT2D eigenvalue weighted by Crippen LogP contribution is 2.64. The molecule has 7 unspecified atom stereocenters. The monoisotopic (exact) mass is 498 g/mol. The Balaban J connectivity index is 1.33. The Hall–Kier alpha value is -2.35. The minimum atomic E-state index is -0.197. The first-order valence-electron chi connectivity index (χ1n) is 14.7. The second kappa shape index (κ2) is 10.1. The van der Waals surface area contributed by atoms with E-state index in [1.54, 1.807) is 11.1 Å². The van der Waals surface area contributed by atoms with Gasteiger partial charge < -0.3 is 4.74 Å². The molecule has 7 atom stereocenters. The van der Waals surface area contributed by atoms with Gasteiger partial charge in [-0.2, -0.15) is 0 Å². The molecule has 1 aromatic rings. The number of benzene rings is 1. The van der Waals surface area contributed by atoms with Gasteiger partial charge in [-0.1, -0.05) is 95.7 Å². The number of allylic oxidation sites excluding steroid dienone is 7. The van der Waals surface area contributed by atoms with E-state index < -0.39 is 0 Å². The molecule has 4 aliphatic carbocycles. The maximum atomic E-state index is 12.7. The zero-order valence-electron chi connectivity index (χ0n) is 23.8. The molecule has 2 heteroatoms. The second-order valence-corrected chi connectivity index (χ2v) is 13.2. The number of hydrogen-bond donors (Lipinski definition) is 0. The first kappa shape index (κ1) is 26.3. The molecule has 0 radical (unpaired) electrons. The van der Waals surface area contributed by atoms with Gasteiger partial charge in [0, 0.05) is 11.8 Å². The maximum Gasteiger partial charge on any atom is 0.338 e. The van der Waals surface area contributed by atoms with Crippen LogP contribution in [0.1, 0.15) is 90.4 Å². The zero-order chi connectivity index (χ0) is 26.4. The molecule has 0 N–H and O–H groups in total. The lowest BCUT2D eigenvalue weighted by Crippen LogP contribution is -2.41. The lowest BCUT2D eigenvalue weighted by atomic mass is 9.54. The Morgan fingerprint density at radius 2 is 1.76 bits per heavy atom. The van der Waals surface area contributed by atoms with Crippen molar-refractivity contribution in [3.63, 3.8) is 0 Å². The van der Waals surface area contributed by atoms with Gasteiger partial charge >= 0.3 is 5.97 Å². The fourth-order valence-corrected chi connectivity index (χ4v) is 7.84. The van der Waals surface area contributed by atoms with Crippen molar-refractivity contribution in [1.82, 2.24) is 0 Å². The Morgan fingerprint density at radius 1 is 1.00 bits per heavy atom. The molecule has 2 fully saturated rings. The summed E-state index contributed by atoms with van der Waals surface area (Å²) in [5, 5.41) is 0. The third-order valence-electron chi connectivity index (χ3n) is 10.7. The summed E-state index contributed by atoms with van der Waals surface area (Å²) in [4.78, 5) is 12.7. The molecule has 0 bridgehead atoms. The first-order chi connectivity index (χ1) is 17.6. The fourth-order valence-electron chi connectivity index (χ4n) is 7.84. The van der Waals surface area contributed by atoms with Gasteiger partial charge in [0.1, 0.15) is 6.10 Å². The number of rotatable bonds is 6. The van der Waals surface area contributed by atoms with E-state index in [1.807, 2.05) is 30.3 Å². The molecule has 0 aliphatic heterocycles. The number of carbonyl (C=O) groups excluding carboxylic acids is 1. The average molecular weight is 499 g/mol. The normalized spacial score (nSPS) is 34.6. The molecule has 2 nitrogen and oxygen atoms in total. The standard InChI is InChI=1S/C35H46O2/c1-23(2)24(3)12-13-25(4)30-16-17-31-29-15-14-27-22-28(37-33(36)26-10-8-7-9-11-26)18-20-34(27,5)32(29)19-21-35(30,31)6/h7-15,19,23-25,28,30-31H,16-18,20-22H2,1-6H3. The second-order valence-electron chi connectivity index (χ2n) is 13.2. The number of fused-ring (bicyclic) bond motifs is 5. The number of hydrogen-bond acceptors (Lipinski definition) is 2. The summed E-state index contributed by atoms with van der Waals surface area (Å²) in [6.07, 6.45) is 19.0. The summed E-state index contributed by atoms with van der Waals surface area (Å²) < 4.78 is 5.96. The predicted octanol–water partition coefficient (Wildman–Crippen LogP) is 9.12. The highest BCUT2D eigenvalue weighted by molar-refractivity contribution is 5.89. The molecule has 4 aliphatic rings. The van der Waals surface area contributed by atoms with Crippen molar-refractivity contribution < 1.29 is 9.53 Å². The summed E-state index contributed by atoms with van der Waals surface area (Å²) in [7, 11) is 0. The lowest BCUT2D eigenvalue weighted by Gasteiger charge is -2.50. The molecule has 0 aromatic heterocycles. The predicted molar refractivity (Wildman–Crippen MR) is 153 cm³/mol. The molecule has 37 heavy (non-hydrogen) atoms. The number of ether oxygens (including phenoxy) is 1. The summed E-state index contributed by atoms with van der Waals surface area (Å²) >= 11 is 0. The molecule has 5 rings (SSSR count). The maximum absolute atomic E-state index is 12.7. The van der Waals surface area contributed by atoms with Crippen LogP contribution in [-0.2, 0) is 4.74 Å². The third kappa shape index (κ3) is 4.70. The molecule has 1 aromatic carbocycles. The van der Waals surface area contributed by atoms with Crippen LogP contribution in [-0.4, -0.2) is 12.1 Å². The van der Waals surface area contributed by atoms with E-state index in [0.717, 1.165) is 25.2 Å². The van der Waals surface area contributed by atoms with Gasteiger partial charge in [-0.3, -0.25) is 0 Å². The highest BCUT2D eigenvalue weighted by Gasteiger charge is 2.54. The van der Waals surface area contributed by atoms with E-state index in [4.69, 9.17) is 4.74 Å². The van der Waals surface area contributed by atoms with Crippen molar-refractivity contribution in [2.24, 2.45) is 40.4 Å². The number of carbonyl (C=O) groups is 1. The van der Waals surface area contributed by atoms with Gasteiger partial charge in [0.05, 0.1) is 5.56 Å². The quantitative estimate of drug-likeness (QED) is 0.289. The Labute approximate surface area is 225 Å². The van der Waals surface area contributed by atoms with Crippen molar-refractivity contribution in [3.8, 4) is 0 Å². The molecule has 2 saturated carbocycles. The van der Waals surface area contributed by atoms with Crippen LogP contribution in [0.5, 0.6) is 0 Å². The Kier molecular flexibility index (Phi) is 7.16. The van der Waals surface area contributed by atoms with E-state index in [-0.39, 0.29) is 17.5 Å². The largest absolute Gasteiger partial charge is 0.458 e. The van der Waals surface area contributed by atoms with E-state index in [9.17, 15) is 4.79 Å². The van der Waals surface area contributed by atoms with E-state index >= 15 is 0 Å². The fraction of sp³-hybridized carbons (Fsp3) is 0.571. The number of esters is 1.